The minimum absolute atomic E-state index is 0.0822. The van der Waals surface area contributed by atoms with Crippen LogP contribution in [0.15, 0.2) is 43.0 Å². The summed E-state index contributed by atoms with van der Waals surface area (Å²) < 4.78 is 0. The first kappa shape index (κ1) is 15.9. The zero-order valence-corrected chi connectivity index (χ0v) is 13.7. The number of halogens is 1. The highest BCUT2D eigenvalue weighted by Crippen LogP contribution is 2.36. The first-order valence-corrected chi connectivity index (χ1v) is 8.39. The molecule has 3 rings (SSSR count). The Bertz CT molecular complexity index is 637. The van der Waals surface area contributed by atoms with Gasteiger partial charge in [-0.1, -0.05) is 11.6 Å². The quantitative estimate of drug-likeness (QED) is 0.902. The maximum atomic E-state index is 12.2. The van der Waals surface area contributed by atoms with Gasteiger partial charge in [-0.2, -0.15) is 0 Å². The normalized spacial score (nSPS) is 20.9. The van der Waals surface area contributed by atoms with Gasteiger partial charge in [0.15, 0.2) is 0 Å². The lowest BCUT2D eigenvalue weighted by atomic mass is 9.78. The van der Waals surface area contributed by atoms with Gasteiger partial charge in [0.25, 0.3) is 0 Å². The molecule has 1 saturated carbocycles. The number of nitrogens with one attached hydrogen (secondary N) is 1. The number of aromatic nitrogens is 2. The molecule has 1 aromatic heterocycles. The van der Waals surface area contributed by atoms with E-state index in [1.54, 1.807) is 18.5 Å². The number of anilines is 1. The van der Waals surface area contributed by atoms with Gasteiger partial charge in [-0.05, 0) is 67.3 Å². The van der Waals surface area contributed by atoms with Crippen LogP contribution in [0.25, 0.3) is 0 Å². The first-order valence-electron chi connectivity index (χ1n) is 8.01. The third kappa shape index (κ3) is 4.52. The largest absolute Gasteiger partial charge is 0.326 e. The lowest BCUT2D eigenvalue weighted by molar-refractivity contribution is -0.117. The third-order valence-electron chi connectivity index (χ3n) is 4.50. The van der Waals surface area contributed by atoms with Gasteiger partial charge in [-0.15, -0.1) is 0 Å². The molecule has 1 N–H and O–H groups in total. The van der Waals surface area contributed by atoms with Gasteiger partial charge in [0.2, 0.25) is 5.91 Å². The zero-order valence-electron chi connectivity index (χ0n) is 12.9. The smallest absolute Gasteiger partial charge is 0.224 e. The molecule has 1 aromatic carbocycles. The number of carbonyl (C=O) groups excluding carboxylic acids is 1. The van der Waals surface area contributed by atoms with Gasteiger partial charge >= 0.3 is 0 Å². The van der Waals surface area contributed by atoms with Crippen molar-refractivity contribution in [1.29, 1.82) is 0 Å². The second-order valence-corrected chi connectivity index (χ2v) is 6.59. The molecule has 120 valence electrons. The van der Waals surface area contributed by atoms with Crippen molar-refractivity contribution in [3.05, 3.63) is 53.6 Å². The lowest BCUT2D eigenvalue weighted by Crippen LogP contribution is -2.20. The Balaban J connectivity index is 1.47. The summed E-state index contributed by atoms with van der Waals surface area (Å²) >= 11 is 5.85. The van der Waals surface area contributed by atoms with Crippen molar-refractivity contribution in [2.45, 2.75) is 38.0 Å². The van der Waals surface area contributed by atoms with Gasteiger partial charge in [-0.3, -0.25) is 4.79 Å². The maximum absolute atomic E-state index is 12.2. The van der Waals surface area contributed by atoms with Gasteiger partial charge in [0.1, 0.15) is 6.33 Å². The van der Waals surface area contributed by atoms with Crippen LogP contribution in [-0.2, 0) is 4.79 Å². The fourth-order valence-corrected chi connectivity index (χ4v) is 3.35. The summed E-state index contributed by atoms with van der Waals surface area (Å²) in [6.45, 7) is 0. The fraction of sp³-hybridized carbons (Fsp3) is 0.389. The molecule has 1 aliphatic rings. The van der Waals surface area contributed by atoms with E-state index in [1.807, 2.05) is 24.5 Å². The molecule has 1 fully saturated rings. The van der Waals surface area contributed by atoms with Crippen molar-refractivity contribution in [1.82, 2.24) is 9.97 Å². The molecule has 1 aliphatic carbocycles. The molecular weight excluding hydrogens is 310 g/mol. The summed E-state index contributed by atoms with van der Waals surface area (Å²) in [5.41, 5.74) is 2.02. The van der Waals surface area contributed by atoms with E-state index in [-0.39, 0.29) is 5.91 Å². The minimum Gasteiger partial charge on any atom is -0.326 e. The highest BCUT2D eigenvalue weighted by Gasteiger charge is 2.24. The monoisotopic (exact) mass is 329 g/mol. The molecular formula is C18H20ClN3O. The highest BCUT2D eigenvalue weighted by atomic mass is 35.5. The molecule has 0 radical (unpaired) electrons. The van der Waals surface area contributed by atoms with Gasteiger partial charge in [0, 0.05) is 29.5 Å². The Labute approximate surface area is 141 Å². The number of rotatable bonds is 4. The summed E-state index contributed by atoms with van der Waals surface area (Å²) in [4.78, 5) is 20.3. The number of hydrogen-bond acceptors (Lipinski definition) is 3. The Hall–Kier alpha value is -1.94. The van der Waals surface area contributed by atoms with Crippen LogP contribution in [0.3, 0.4) is 0 Å². The zero-order chi connectivity index (χ0) is 16.1. The van der Waals surface area contributed by atoms with E-state index in [1.165, 1.54) is 5.56 Å². The van der Waals surface area contributed by atoms with E-state index in [0.717, 1.165) is 31.4 Å². The molecule has 0 aliphatic heterocycles. The molecule has 0 unspecified atom stereocenters. The van der Waals surface area contributed by atoms with Crippen LogP contribution in [0.2, 0.25) is 5.02 Å². The minimum atomic E-state index is 0.0822. The van der Waals surface area contributed by atoms with Crippen LogP contribution < -0.4 is 5.32 Å². The fourth-order valence-electron chi connectivity index (χ4n) is 3.23. The SMILES string of the molecule is O=C(C[C@H]1CC[C@H](c2cncnc2)CC1)Nc1ccc(Cl)cc1. The van der Waals surface area contributed by atoms with Crippen molar-refractivity contribution in [3.63, 3.8) is 0 Å². The van der Waals surface area contributed by atoms with Crippen molar-refractivity contribution in [2.75, 3.05) is 5.32 Å². The molecule has 1 heterocycles. The standard InChI is InChI=1S/C18H20ClN3O/c19-16-5-7-17(8-6-16)22-18(23)9-13-1-3-14(4-2-13)15-10-20-12-21-11-15/h5-8,10-14H,1-4,9H2,(H,22,23)/t13-,14-. The van der Waals surface area contributed by atoms with Gasteiger partial charge in [0.05, 0.1) is 0 Å². The second-order valence-electron chi connectivity index (χ2n) is 6.15. The molecule has 0 spiro atoms. The highest BCUT2D eigenvalue weighted by molar-refractivity contribution is 6.30. The Morgan fingerprint density at radius 1 is 1.09 bits per heavy atom. The maximum Gasteiger partial charge on any atom is 0.224 e. The number of nitrogens with zero attached hydrogens (tertiary/aromatic N) is 2. The third-order valence-corrected chi connectivity index (χ3v) is 4.75. The molecule has 0 bridgehead atoms. The summed E-state index contributed by atoms with van der Waals surface area (Å²) in [7, 11) is 0. The topological polar surface area (TPSA) is 54.9 Å². The summed E-state index contributed by atoms with van der Waals surface area (Å²) in [5, 5.41) is 3.61. The molecule has 0 saturated heterocycles. The molecule has 1 amide bonds. The number of carbonyl (C=O) groups is 1. The summed E-state index contributed by atoms with van der Waals surface area (Å²) in [6.07, 6.45) is 10.3. The number of benzene rings is 1. The van der Waals surface area contributed by atoms with Crippen LogP contribution in [0, 0.1) is 5.92 Å². The van der Waals surface area contributed by atoms with Crippen LogP contribution in [0.1, 0.15) is 43.6 Å². The van der Waals surface area contributed by atoms with E-state index >= 15 is 0 Å². The van der Waals surface area contributed by atoms with Crippen molar-refractivity contribution in [2.24, 2.45) is 5.92 Å². The van der Waals surface area contributed by atoms with E-state index in [9.17, 15) is 4.79 Å². The molecule has 2 aromatic rings. The van der Waals surface area contributed by atoms with E-state index in [2.05, 4.69) is 15.3 Å². The van der Waals surface area contributed by atoms with Crippen molar-refractivity contribution < 1.29 is 4.79 Å². The molecule has 23 heavy (non-hydrogen) atoms. The van der Waals surface area contributed by atoms with Crippen LogP contribution >= 0.6 is 11.6 Å². The number of hydrogen-bond donors (Lipinski definition) is 1. The summed E-state index contributed by atoms with van der Waals surface area (Å²) in [6, 6.07) is 7.22. The lowest BCUT2D eigenvalue weighted by Gasteiger charge is -2.28. The Morgan fingerprint density at radius 3 is 2.39 bits per heavy atom. The predicted octanol–water partition coefficient (Wildman–Crippen LogP) is 4.43. The van der Waals surface area contributed by atoms with Crippen LogP contribution in [0.4, 0.5) is 5.69 Å². The van der Waals surface area contributed by atoms with Crippen molar-refractivity contribution in [3.8, 4) is 0 Å². The van der Waals surface area contributed by atoms with E-state index in [4.69, 9.17) is 11.6 Å². The number of amides is 1. The molecule has 0 atom stereocenters. The first-order chi connectivity index (χ1) is 11.2. The van der Waals surface area contributed by atoms with E-state index in [0.29, 0.717) is 23.3 Å². The van der Waals surface area contributed by atoms with Crippen LogP contribution in [0.5, 0.6) is 0 Å². The Kier molecular flexibility index (Phi) is 5.23. The van der Waals surface area contributed by atoms with Crippen LogP contribution in [-0.4, -0.2) is 15.9 Å². The van der Waals surface area contributed by atoms with Gasteiger partial charge in [-0.25, -0.2) is 9.97 Å². The van der Waals surface area contributed by atoms with Gasteiger partial charge < -0.3 is 5.32 Å². The average molecular weight is 330 g/mol. The molecule has 5 heteroatoms. The predicted molar refractivity (Wildman–Crippen MR) is 91.4 cm³/mol. The second kappa shape index (κ2) is 7.55. The average Bonchev–Trinajstić information content (AvgIpc) is 2.58. The van der Waals surface area contributed by atoms with E-state index < -0.39 is 0 Å². The Morgan fingerprint density at radius 2 is 1.74 bits per heavy atom. The summed E-state index contributed by atoms with van der Waals surface area (Å²) in [5.74, 6) is 1.08. The molecule has 4 nitrogen and oxygen atoms in total. The van der Waals surface area contributed by atoms with Crippen molar-refractivity contribution >= 4 is 23.2 Å².